The van der Waals surface area contributed by atoms with E-state index < -0.39 is 0 Å². The van der Waals surface area contributed by atoms with Crippen LogP contribution in [0.1, 0.15) is 52.7 Å². The largest absolute Gasteiger partial charge is 0.507 e. The van der Waals surface area contributed by atoms with Gasteiger partial charge in [-0.3, -0.25) is 4.90 Å². The van der Waals surface area contributed by atoms with Crippen molar-refractivity contribution >= 4 is 49.5 Å². The minimum atomic E-state index is -0.215. The zero-order chi connectivity index (χ0) is 32.9. The molecule has 5 heteroatoms. The number of phenolic OH excluding ortho intramolecular Hbond substituents is 1. The van der Waals surface area contributed by atoms with Crippen LogP contribution in [0.15, 0.2) is 121 Å². The number of anilines is 3. The molecule has 5 aromatic carbocycles. The molecule has 4 nitrogen and oxygen atoms in total. The number of nitrogens with zero attached hydrogens (tertiary/aromatic N) is 3. The maximum Gasteiger partial charge on any atom is 0.137 e. The smallest absolute Gasteiger partial charge is 0.137 e. The quantitative estimate of drug-likeness (QED) is 0.205. The number of aromatic nitrogens is 2. The molecule has 0 bridgehead atoms. The molecule has 0 aliphatic heterocycles. The van der Waals surface area contributed by atoms with Crippen LogP contribution in [0, 0.1) is 0 Å². The lowest BCUT2D eigenvalue weighted by Crippen LogP contribution is -2.17. The van der Waals surface area contributed by atoms with Crippen LogP contribution in [-0.2, 0) is 10.8 Å². The molecule has 0 saturated heterocycles. The Bertz CT molecular complexity index is 2240. The number of benzene rings is 5. The third-order valence-corrected chi connectivity index (χ3v) is 9.77. The summed E-state index contributed by atoms with van der Waals surface area (Å²) in [6.45, 7) is 13.1. The van der Waals surface area contributed by atoms with Gasteiger partial charge in [0.15, 0.2) is 0 Å². The van der Waals surface area contributed by atoms with Gasteiger partial charge in [0.2, 0.25) is 0 Å². The highest BCUT2D eigenvalue weighted by Gasteiger charge is 2.27. The monoisotopic (exact) mass is 633 g/mol. The molecule has 2 heterocycles. The Labute approximate surface area is 281 Å². The molecule has 7 rings (SSSR count). The van der Waals surface area contributed by atoms with Crippen LogP contribution < -0.4 is 4.90 Å². The topological polar surface area (TPSA) is 49.2 Å². The molecule has 0 unspecified atom stereocenters. The summed E-state index contributed by atoms with van der Waals surface area (Å²) in [5, 5.41) is 14.8. The molecule has 0 amide bonds. The molecular formula is C42H39N3OS. The number of phenols is 1. The van der Waals surface area contributed by atoms with Crippen LogP contribution >= 0.6 is 11.3 Å². The highest BCUT2D eigenvalue weighted by Crippen LogP contribution is 2.45. The number of fused-ring (bicyclic) bond motifs is 2. The lowest BCUT2D eigenvalue weighted by molar-refractivity contribution is 0.446. The normalized spacial score (nSPS) is 12.1. The molecule has 0 aliphatic carbocycles. The van der Waals surface area contributed by atoms with Crippen molar-refractivity contribution in [2.75, 3.05) is 4.90 Å². The summed E-state index contributed by atoms with van der Waals surface area (Å²) >= 11 is 1.63. The van der Waals surface area contributed by atoms with Crippen molar-refractivity contribution in [3.05, 3.63) is 133 Å². The predicted molar refractivity (Wildman–Crippen MR) is 200 cm³/mol. The number of rotatable bonds is 5. The molecule has 2 aromatic heterocycles. The van der Waals surface area contributed by atoms with Crippen LogP contribution in [0.25, 0.3) is 42.7 Å². The third-order valence-electron chi connectivity index (χ3n) is 8.72. The van der Waals surface area contributed by atoms with Gasteiger partial charge in [0.05, 0.1) is 15.8 Å². The first-order chi connectivity index (χ1) is 22.5. The van der Waals surface area contributed by atoms with Gasteiger partial charge in [0, 0.05) is 28.7 Å². The summed E-state index contributed by atoms with van der Waals surface area (Å²) in [5.41, 5.74) is 7.72. The highest BCUT2D eigenvalue weighted by atomic mass is 32.1. The molecule has 234 valence electrons. The van der Waals surface area contributed by atoms with E-state index in [1.165, 1.54) is 16.3 Å². The van der Waals surface area contributed by atoms with Gasteiger partial charge in [0.1, 0.15) is 16.6 Å². The fraction of sp³-hybridized carbons (Fsp3) is 0.190. The van der Waals surface area contributed by atoms with Gasteiger partial charge in [-0.25, -0.2) is 9.97 Å². The summed E-state index contributed by atoms with van der Waals surface area (Å²) in [4.78, 5) is 12.2. The van der Waals surface area contributed by atoms with E-state index in [9.17, 15) is 5.11 Å². The predicted octanol–water partition coefficient (Wildman–Crippen LogP) is 11.9. The first-order valence-corrected chi connectivity index (χ1v) is 16.9. The molecule has 0 radical (unpaired) electrons. The molecule has 1 N–H and O–H groups in total. The van der Waals surface area contributed by atoms with E-state index >= 15 is 0 Å². The number of hydrogen-bond acceptors (Lipinski definition) is 5. The molecule has 0 atom stereocenters. The van der Waals surface area contributed by atoms with E-state index in [2.05, 4.69) is 144 Å². The van der Waals surface area contributed by atoms with E-state index in [4.69, 9.17) is 9.97 Å². The number of aromatic hydroxyl groups is 1. The van der Waals surface area contributed by atoms with Crippen molar-refractivity contribution in [3.63, 3.8) is 0 Å². The van der Waals surface area contributed by atoms with E-state index in [0.29, 0.717) is 5.75 Å². The number of para-hydroxylation sites is 1. The Morgan fingerprint density at radius 3 is 2.13 bits per heavy atom. The first-order valence-electron chi connectivity index (χ1n) is 16.1. The van der Waals surface area contributed by atoms with Crippen LogP contribution in [0.3, 0.4) is 0 Å². The standard InChI is InChI=1S/C42H39N3OS/c1-41(2,3)30-25-34(39(46)35(26-30)42(4,5)6)40-44-38-33(17-12-18-36(38)47-40)29-15-11-16-31(24-29)45(37-19-9-10-22-43-37)32-21-20-27-13-7-8-14-28(27)23-32/h7-26,46H,1-6H3. The van der Waals surface area contributed by atoms with Crippen LogP contribution in [0.2, 0.25) is 0 Å². The van der Waals surface area contributed by atoms with Gasteiger partial charge >= 0.3 is 0 Å². The second-order valence-corrected chi connectivity index (χ2v) is 15.2. The zero-order valence-electron chi connectivity index (χ0n) is 27.7. The van der Waals surface area contributed by atoms with E-state index in [1.54, 1.807) is 11.3 Å². The maximum atomic E-state index is 11.6. The second-order valence-electron chi connectivity index (χ2n) is 14.2. The minimum Gasteiger partial charge on any atom is -0.507 e. The van der Waals surface area contributed by atoms with Gasteiger partial charge in [-0.05, 0) is 81.3 Å². The first kappa shape index (κ1) is 30.6. The third kappa shape index (κ3) is 5.88. The molecule has 7 aromatic rings. The van der Waals surface area contributed by atoms with Crippen LogP contribution in [0.4, 0.5) is 17.2 Å². The summed E-state index contributed by atoms with van der Waals surface area (Å²) in [6, 6.07) is 40.2. The van der Waals surface area contributed by atoms with Crippen molar-refractivity contribution in [1.82, 2.24) is 9.97 Å². The summed E-state index contributed by atoms with van der Waals surface area (Å²) < 4.78 is 1.08. The SMILES string of the molecule is CC(C)(C)c1cc(-c2nc3c(-c4cccc(N(c5ccc6ccccc6c5)c5ccccn5)c4)cccc3s2)c(O)c(C(C)(C)C)c1. The Morgan fingerprint density at radius 2 is 1.38 bits per heavy atom. The average Bonchev–Trinajstić information content (AvgIpc) is 3.49. The average molecular weight is 634 g/mol. The van der Waals surface area contributed by atoms with Crippen molar-refractivity contribution in [1.29, 1.82) is 0 Å². The van der Waals surface area contributed by atoms with Crippen molar-refractivity contribution in [2.45, 2.75) is 52.4 Å². The fourth-order valence-corrected chi connectivity index (χ4v) is 7.14. The summed E-state index contributed by atoms with van der Waals surface area (Å²) in [7, 11) is 0. The van der Waals surface area contributed by atoms with E-state index in [-0.39, 0.29) is 10.8 Å². The number of hydrogen-bond donors (Lipinski definition) is 1. The molecule has 0 saturated carbocycles. The second kappa shape index (κ2) is 11.7. The molecular weight excluding hydrogens is 595 g/mol. The van der Waals surface area contributed by atoms with Crippen LogP contribution in [-0.4, -0.2) is 15.1 Å². The summed E-state index contributed by atoms with van der Waals surface area (Å²) in [6.07, 6.45) is 1.83. The van der Waals surface area contributed by atoms with Crippen molar-refractivity contribution in [2.24, 2.45) is 0 Å². The van der Waals surface area contributed by atoms with Gasteiger partial charge in [0.25, 0.3) is 0 Å². The molecule has 0 spiro atoms. The van der Waals surface area contributed by atoms with Crippen LogP contribution in [0.5, 0.6) is 5.75 Å². The van der Waals surface area contributed by atoms with Gasteiger partial charge in [-0.15, -0.1) is 11.3 Å². The molecule has 0 aliphatic rings. The Hall–Kier alpha value is -5.00. The molecule has 47 heavy (non-hydrogen) atoms. The fourth-order valence-electron chi connectivity index (χ4n) is 6.13. The minimum absolute atomic E-state index is 0.0741. The Kier molecular flexibility index (Phi) is 7.60. The maximum absolute atomic E-state index is 11.6. The van der Waals surface area contributed by atoms with Gasteiger partial charge < -0.3 is 5.11 Å². The molecule has 0 fully saturated rings. The Balaban J connectivity index is 1.36. The number of thiazole rings is 1. The lowest BCUT2D eigenvalue weighted by Gasteiger charge is -2.27. The zero-order valence-corrected chi connectivity index (χ0v) is 28.6. The van der Waals surface area contributed by atoms with Gasteiger partial charge in [-0.1, -0.05) is 108 Å². The lowest BCUT2D eigenvalue weighted by atomic mass is 9.79. The number of pyridine rings is 1. The van der Waals surface area contributed by atoms with Crippen molar-refractivity contribution in [3.8, 4) is 27.4 Å². The Morgan fingerprint density at radius 1 is 0.638 bits per heavy atom. The highest BCUT2D eigenvalue weighted by molar-refractivity contribution is 7.21. The van der Waals surface area contributed by atoms with E-state index in [1.807, 2.05) is 24.4 Å². The van der Waals surface area contributed by atoms with Crippen molar-refractivity contribution < 1.29 is 5.11 Å². The summed E-state index contributed by atoms with van der Waals surface area (Å²) in [5.74, 6) is 1.16. The van der Waals surface area contributed by atoms with Gasteiger partial charge in [-0.2, -0.15) is 0 Å². The van der Waals surface area contributed by atoms with E-state index in [0.717, 1.165) is 54.7 Å².